The van der Waals surface area contributed by atoms with Crippen molar-refractivity contribution in [1.29, 1.82) is 0 Å². The lowest BCUT2D eigenvalue weighted by atomic mass is 9.64. The quantitative estimate of drug-likeness (QED) is 0.550. The van der Waals surface area contributed by atoms with Crippen LogP contribution in [0.5, 0.6) is 0 Å². The van der Waals surface area contributed by atoms with Crippen molar-refractivity contribution in [1.82, 2.24) is 5.32 Å². The van der Waals surface area contributed by atoms with Gasteiger partial charge in [-0.3, -0.25) is 0 Å². The van der Waals surface area contributed by atoms with E-state index < -0.39 is 0 Å². The lowest BCUT2D eigenvalue weighted by Crippen LogP contribution is -2.36. The first-order chi connectivity index (χ1) is 8.99. The van der Waals surface area contributed by atoms with E-state index >= 15 is 0 Å². The Morgan fingerprint density at radius 1 is 1.21 bits per heavy atom. The second-order valence-electron chi connectivity index (χ2n) is 7.34. The molecule has 3 atom stereocenters. The second kappa shape index (κ2) is 7.95. The molecule has 1 rings (SSSR count). The largest absolute Gasteiger partial charge is 0.316 e. The molecule has 1 aliphatic rings. The van der Waals surface area contributed by atoms with Crippen LogP contribution in [0.15, 0.2) is 0 Å². The van der Waals surface area contributed by atoms with Gasteiger partial charge in [-0.2, -0.15) is 0 Å². The SMILES string of the molecule is C#CCCC1CC(C(C)(C)C)CCC1CNCCC. The van der Waals surface area contributed by atoms with Gasteiger partial charge in [0.05, 0.1) is 0 Å². The Kier molecular flexibility index (Phi) is 6.94. The van der Waals surface area contributed by atoms with Gasteiger partial charge < -0.3 is 5.32 Å². The van der Waals surface area contributed by atoms with Crippen molar-refractivity contribution < 1.29 is 0 Å². The van der Waals surface area contributed by atoms with Gasteiger partial charge in [-0.15, -0.1) is 12.3 Å². The zero-order chi connectivity index (χ0) is 14.3. The zero-order valence-corrected chi connectivity index (χ0v) is 13.5. The van der Waals surface area contributed by atoms with E-state index in [4.69, 9.17) is 6.42 Å². The van der Waals surface area contributed by atoms with Crippen molar-refractivity contribution in [3.8, 4) is 12.3 Å². The van der Waals surface area contributed by atoms with Crippen molar-refractivity contribution in [2.75, 3.05) is 13.1 Å². The fraction of sp³-hybridized carbons (Fsp3) is 0.889. The van der Waals surface area contributed by atoms with E-state index in [0.717, 1.165) is 30.7 Å². The summed E-state index contributed by atoms with van der Waals surface area (Å²) in [6, 6.07) is 0. The standard InChI is InChI=1S/C18H33N/c1-6-8-9-15-13-17(18(3,4)5)11-10-16(15)14-19-12-7-2/h1,15-17,19H,7-14H2,2-5H3. The molecule has 0 heterocycles. The first kappa shape index (κ1) is 16.6. The van der Waals surface area contributed by atoms with Crippen LogP contribution in [-0.2, 0) is 0 Å². The highest BCUT2D eigenvalue weighted by Gasteiger charge is 2.35. The monoisotopic (exact) mass is 263 g/mol. The summed E-state index contributed by atoms with van der Waals surface area (Å²) in [7, 11) is 0. The number of rotatable bonds is 6. The molecule has 0 radical (unpaired) electrons. The minimum atomic E-state index is 0.455. The molecule has 0 saturated heterocycles. The molecule has 1 nitrogen and oxygen atoms in total. The van der Waals surface area contributed by atoms with Crippen molar-refractivity contribution in [3.05, 3.63) is 0 Å². The van der Waals surface area contributed by atoms with Gasteiger partial charge in [0.1, 0.15) is 0 Å². The fourth-order valence-electron chi connectivity index (χ4n) is 3.47. The zero-order valence-electron chi connectivity index (χ0n) is 13.5. The number of terminal acetylenes is 1. The van der Waals surface area contributed by atoms with Gasteiger partial charge in [0.2, 0.25) is 0 Å². The summed E-state index contributed by atoms with van der Waals surface area (Å²) in [5, 5.41) is 3.61. The molecule has 0 aromatic heterocycles. The lowest BCUT2D eigenvalue weighted by Gasteiger charge is -2.42. The van der Waals surface area contributed by atoms with Crippen LogP contribution in [0.1, 0.15) is 66.2 Å². The van der Waals surface area contributed by atoms with E-state index in [-0.39, 0.29) is 0 Å². The predicted molar refractivity (Wildman–Crippen MR) is 85.0 cm³/mol. The first-order valence-corrected chi connectivity index (χ1v) is 8.13. The molecule has 1 N–H and O–H groups in total. The van der Waals surface area contributed by atoms with Crippen molar-refractivity contribution in [2.24, 2.45) is 23.2 Å². The summed E-state index contributed by atoms with van der Waals surface area (Å²) in [5.74, 6) is 5.39. The Labute approximate surface area is 120 Å². The summed E-state index contributed by atoms with van der Waals surface area (Å²) >= 11 is 0. The van der Waals surface area contributed by atoms with Crippen LogP contribution in [0, 0.1) is 35.5 Å². The third-order valence-corrected chi connectivity index (χ3v) is 4.86. The average molecular weight is 263 g/mol. The molecule has 0 spiro atoms. The summed E-state index contributed by atoms with van der Waals surface area (Å²) < 4.78 is 0. The van der Waals surface area contributed by atoms with Gasteiger partial charge in [-0.25, -0.2) is 0 Å². The maximum atomic E-state index is 5.47. The van der Waals surface area contributed by atoms with Crippen LogP contribution in [0.2, 0.25) is 0 Å². The third kappa shape index (κ3) is 5.57. The minimum Gasteiger partial charge on any atom is -0.316 e. The molecule has 1 aliphatic carbocycles. The lowest BCUT2D eigenvalue weighted by molar-refractivity contribution is 0.0934. The highest BCUT2D eigenvalue weighted by molar-refractivity contribution is 4.90. The van der Waals surface area contributed by atoms with Crippen LogP contribution in [-0.4, -0.2) is 13.1 Å². The second-order valence-corrected chi connectivity index (χ2v) is 7.34. The molecular weight excluding hydrogens is 230 g/mol. The van der Waals surface area contributed by atoms with Crippen LogP contribution < -0.4 is 5.32 Å². The Morgan fingerprint density at radius 2 is 1.95 bits per heavy atom. The number of hydrogen-bond donors (Lipinski definition) is 1. The molecule has 0 amide bonds. The topological polar surface area (TPSA) is 12.0 Å². The Hall–Kier alpha value is -0.480. The summed E-state index contributed by atoms with van der Waals surface area (Å²) in [5.41, 5.74) is 0.455. The molecule has 3 unspecified atom stereocenters. The van der Waals surface area contributed by atoms with E-state index in [2.05, 4.69) is 38.9 Å². The van der Waals surface area contributed by atoms with Gasteiger partial charge >= 0.3 is 0 Å². The molecular formula is C18H33N. The molecule has 1 heteroatoms. The first-order valence-electron chi connectivity index (χ1n) is 8.13. The van der Waals surface area contributed by atoms with E-state index in [1.807, 2.05) is 0 Å². The Balaban J connectivity index is 2.54. The fourth-order valence-corrected chi connectivity index (χ4v) is 3.47. The smallest absolute Gasteiger partial charge is 0.00888 e. The van der Waals surface area contributed by atoms with Crippen molar-refractivity contribution >= 4 is 0 Å². The van der Waals surface area contributed by atoms with E-state index in [1.165, 1.54) is 38.6 Å². The van der Waals surface area contributed by atoms with Crippen molar-refractivity contribution in [3.63, 3.8) is 0 Å². The van der Waals surface area contributed by atoms with Crippen LogP contribution in [0.25, 0.3) is 0 Å². The Bertz CT molecular complexity index is 281. The van der Waals surface area contributed by atoms with E-state index in [9.17, 15) is 0 Å². The highest BCUT2D eigenvalue weighted by atomic mass is 14.9. The summed E-state index contributed by atoms with van der Waals surface area (Å²) in [6.07, 6.45) is 13.0. The van der Waals surface area contributed by atoms with Gasteiger partial charge in [0.25, 0.3) is 0 Å². The molecule has 19 heavy (non-hydrogen) atoms. The third-order valence-electron chi connectivity index (χ3n) is 4.86. The van der Waals surface area contributed by atoms with Crippen LogP contribution in [0.3, 0.4) is 0 Å². The molecule has 1 fully saturated rings. The van der Waals surface area contributed by atoms with Gasteiger partial charge in [-0.05, 0) is 68.4 Å². The molecule has 0 aliphatic heterocycles. The average Bonchev–Trinajstić information content (AvgIpc) is 2.36. The van der Waals surface area contributed by atoms with Crippen molar-refractivity contribution in [2.45, 2.75) is 66.2 Å². The number of nitrogens with one attached hydrogen (secondary N) is 1. The van der Waals surface area contributed by atoms with Gasteiger partial charge in [0, 0.05) is 6.42 Å². The maximum Gasteiger partial charge on any atom is 0.00888 e. The molecule has 0 aromatic rings. The number of hydrogen-bond acceptors (Lipinski definition) is 1. The van der Waals surface area contributed by atoms with E-state index in [1.54, 1.807) is 0 Å². The highest BCUT2D eigenvalue weighted by Crippen LogP contribution is 2.44. The maximum absolute atomic E-state index is 5.47. The minimum absolute atomic E-state index is 0.455. The molecule has 110 valence electrons. The van der Waals surface area contributed by atoms with Gasteiger partial charge in [0.15, 0.2) is 0 Å². The molecule has 0 bridgehead atoms. The van der Waals surface area contributed by atoms with E-state index in [0.29, 0.717) is 5.41 Å². The molecule has 1 saturated carbocycles. The normalized spacial score (nSPS) is 28.1. The summed E-state index contributed by atoms with van der Waals surface area (Å²) in [4.78, 5) is 0. The van der Waals surface area contributed by atoms with Gasteiger partial charge in [-0.1, -0.05) is 27.7 Å². The van der Waals surface area contributed by atoms with Crippen LogP contribution >= 0.6 is 0 Å². The summed E-state index contributed by atoms with van der Waals surface area (Å²) in [6.45, 7) is 11.8. The van der Waals surface area contributed by atoms with Crippen LogP contribution in [0.4, 0.5) is 0 Å². The molecule has 0 aromatic carbocycles. The predicted octanol–water partition coefficient (Wildman–Crippen LogP) is 4.48. The Morgan fingerprint density at radius 3 is 2.53 bits per heavy atom.